The van der Waals surface area contributed by atoms with Crippen LogP contribution in [0, 0.1) is 11.8 Å². The van der Waals surface area contributed by atoms with E-state index in [0.717, 1.165) is 5.56 Å². The molecule has 5 aromatic rings. The third-order valence-corrected chi connectivity index (χ3v) is 21.0. The molecule has 0 unspecified atom stereocenters. The lowest BCUT2D eigenvalue weighted by atomic mass is 9.89. The number of benzene rings is 5. The topological polar surface area (TPSA) is 44.8 Å². The van der Waals surface area contributed by atoms with Crippen molar-refractivity contribution < 1.29 is 18.4 Å². The lowest BCUT2D eigenvalue weighted by molar-refractivity contribution is -0.131. The molecule has 0 aromatic heterocycles. The van der Waals surface area contributed by atoms with Gasteiger partial charge in [-0.1, -0.05) is 207 Å². The summed E-state index contributed by atoms with van der Waals surface area (Å²) in [5.74, 6) is -0.288. The largest absolute Gasteiger partial charge is 0.407 e. The van der Waals surface area contributed by atoms with E-state index >= 15 is 0 Å². The molecule has 0 aliphatic rings. The van der Waals surface area contributed by atoms with E-state index in [1.807, 2.05) is 25.1 Å². The van der Waals surface area contributed by atoms with Gasteiger partial charge in [-0.2, -0.15) is 0 Å². The molecule has 3 atom stereocenters. The lowest BCUT2D eigenvalue weighted by Gasteiger charge is -2.44. The molecule has 0 aliphatic heterocycles. The van der Waals surface area contributed by atoms with Crippen LogP contribution in [0.2, 0.25) is 10.1 Å². The van der Waals surface area contributed by atoms with E-state index in [1.54, 1.807) is 0 Å². The second kappa shape index (κ2) is 18.1. The molecule has 284 valence electrons. The molecular weight excluding hydrogens is 697 g/mol. The molecule has 0 saturated carbocycles. The molecule has 0 amide bonds. The fourth-order valence-electron chi connectivity index (χ4n) is 8.16. The van der Waals surface area contributed by atoms with Gasteiger partial charge in [0.1, 0.15) is 5.78 Å². The summed E-state index contributed by atoms with van der Waals surface area (Å²) in [6, 6.07) is 52.9. The van der Waals surface area contributed by atoms with E-state index in [9.17, 15) is 4.79 Å². The minimum atomic E-state index is -2.79. The Morgan fingerprint density at radius 1 is 0.537 bits per heavy atom. The van der Waals surface area contributed by atoms with Crippen LogP contribution >= 0.6 is 0 Å². The average Bonchev–Trinajstić information content (AvgIpc) is 3.17. The van der Waals surface area contributed by atoms with Crippen LogP contribution in [0.25, 0.3) is 0 Å². The fraction of sp³-hybridized carbons (Fsp3) is 0.354. The van der Waals surface area contributed by atoms with Gasteiger partial charge in [-0.25, -0.2) is 0 Å². The van der Waals surface area contributed by atoms with Crippen molar-refractivity contribution in [2.24, 2.45) is 11.8 Å². The van der Waals surface area contributed by atoms with Crippen LogP contribution in [0.4, 0.5) is 0 Å². The molecule has 4 nitrogen and oxygen atoms in total. The Hall–Kier alpha value is -3.92. The number of ketones is 1. The van der Waals surface area contributed by atoms with Crippen molar-refractivity contribution in [2.75, 3.05) is 13.2 Å². The highest BCUT2D eigenvalue weighted by Crippen LogP contribution is 2.39. The number of rotatable bonds is 17. The zero-order valence-electron chi connectivity index (χ0n) is 33.6. The molecule has 0 N–H and O–H groups in total. The first-order chi connectivity index (χ1) is 25.8. The summed E-state index contributed by atoms with van der Waals surface area (Å²) in [6.07, 6.45) is -0.0529. The molecule has 0 bridgehead atoms. The minimum Gasteiger partial charge on any atom is -0.407 e. The predicted octanol–water partition coefficient (Wildman–Crippen LogP) is 8.96. The maximum Gasteiger partial charge on any atom is 0.261 e. The highest BCUT2D eigenvalue weighted by molar-refractivity contribution is 7.00. The van der Waals surface area contributed by atoms with Crippen LogP contribution < -0.4 is 20.7 Å². The minimum absolute atomic E-state index is 0.0630. The van der Waals surface area contributed by atoms with E-state index in [1.165, 1.54) is 20.7 Å². The molecule has 0 heterocycles. The molecule has 54 heavy (non-hydrogen) atoms. The van der Waals surface area contributed by atoms with E-state index < -0.39 is 16.6 Å². The Kier molecular flexibility index (Phi) is 13.9. The van der Waals surface area contributed by atoms with Crippen molar-refractivity contribution in [3.05, 3.63) is 157 Å². The van der Waals surface area contributed by atoms with E-state index in [0.29, 0.717) is 26.2 Å². The summed E-state index contributed by atoms with van der Waals surface area (Å²) in [6.45, 7) is 19.1. The Morgan fingerprint density at radius 2 is 0.889 bits per heavy atom. The van der Waals surface area contributed by atoms with Crippen LogP contribution in [-0.4, -0.2) is 41.7 Å². The van der Waals surface area contributed by atoms with Crippen LogP contribution in [-0.2, 0) is 25.0 Å². The summed E-state index contributed by atoms with van der Waals surface area (Å²) in [7, 11) is -5.56. The molecule has 0 saturated heterocycles. The zero-order chi connectivity index (χ0) is 38.8. The van der Waals surface area contributed by atoms with Crippen molar-refractivity contribution in [1.29, 1.82) is 0 Å². The normalized spacial score (nSPS) is 14.3. The van der Waals surface area contributed by atoms with Crippen LogP contribution in [0.3, 0.4) is 0 Å². The van der Waals surface area contributed by atoms with E-state index in [2.05, 4.69) is 182 Å². The molecule has 5 rings (SSSR count). The van der Waals surface area contributed by atoms with Gasteiger partial charge in [-0.15, -0.1) is 0 Å². The highest BCUT2D eigenvalue weighted by Gasteiger charge is 2.51. The quantitative estimate of drug-likeness (QED) is 0.0890. The number of hydrogen-bond donors (Lipinski definition) is 0. The summed E-state index contributed by atoms with van der Waals surface area (Å²) in [5, 5.41) is 4.57. The van der Waals surface area contributed by atoms with Gasteiger partial charge in [0.15, 0.2) is 0 Å². The second-order valence-electron chi connectivity index (χ2n) is 16.7. The average molecular weight is 757 g/mol. The van der Waals surface area contributed by atoms with Crippen molar-refractivity contribution in [3.8, 4) is 0 Å². The highest BCUT2D eigenvalue weighted by atomic mass is 28.4. The van der Waals surface area contributed by atoms with Crippen molar-refractivity contribution in [1.82, 2.24) is 0 Å². The summed E-state index contributed by atoms with van der Waals surface area (Å²) in [4.78, 5) is 14.3. The molecule has 0 spiro atoms. The first-order valence-corrected chi connectivity index (χ1v) is 23.3. The van der Waals surface area contributed by atoms with Crippen LogP contribution in [0.5, 0.6) is 0 Å². The standard InChI is InChI=1S/C48H60O4Si2/c1-38(36-52-54(48(6,7)8,43-30-20-12-21-31-43)44-32-22-13-23-33-44)46(50-37-40-24-14-9-15-25-40)39(2)45(49)34-35-51-53(47(3,4)5,41-26-16-10-17-27-41)42-28-18-11-19-29-42/h9-33,38-39,46H,34-37H2,1-8H3/t38-,39+,46-/m0/s1. The monoisotopic (exact) mass is 756 g/mol. The van der Waals surface area contributed by atoms with Gasteiger partial charge >= 0.3 is 0 Å². The maximum atomic E-state index is 14.3. The SMILES string of the molecule is C[C@H](C(=O)CCO[Si](c1ccccc1)(c1ccccc1)C(C)(C)C)[C@@H](OCc1ccccc1)[C@@H](C)CO[Si](c1ccccc1)(c1ccccc1)C(C)(C)C. The smallest absolute Gasteiger partial charge is 0.261 e. The summed E-state index contributed by atoms with van der Waals surface area (Å²) in [5.41, 5.74) is 1.08. The second-order valence-corrected chi connectivity index (χ2v) is 25.3. The van der Waals surface area contributed by atoms with Crippen LogP contribution in [0.15, 0.2) is 152 Å². The first-order valence-electron chi connectivity index (χ1n) is 19.5. The van der Waals surface area contributed by atoms with Gasteiger partial charge in [0.05, 0.1) is 12.7 Å². The Morgan fingerprint density at radius 3 is 1.26 bits per heavy atom. The van der Waals surface area contributed by atoms with E-state index in [4.69, 9.17) is 13.6 Å². The lowest BCUT2D eigenvalue weighted by Crippen LogP contribution is -2.67. The Bertz CT molecular complexity index is 1780. The Labute approximate surface area is 327 Å². The van der Waals surface area contributed by atoms with Gasteiger partial charge in [-0.3, -0.25) is 4.79 Å². The predicted molar refractivity (Wildman–Crippen MR) is 230 cm³/mol. The van der Waals surface area contributed by atoms with Crippen LogP contribution in [0.1, 0.15) is 67.4 Å². The maximum absolute atomic E-state index is 14.3. The number of carbonyl (C=O) groups excluding carboxylic acids is 1. The molecular formula is C48H60O4Si2. The molecule has 0 fully saturated rings. The number of carbonyl (C=O) groups is 1. The first kappa shape index (κ1) is 41.3. The van der Waals surface area contributed by atoms with Crippen molar-refractivity contribution >= 4 is 43.2 Å². The number of Topliss-reactive ketones (excluding diaryl/α,β-unsaturated/α-hetero) is 1. The third-order valence-electron chi connectivity index (χ3n) is 10.9. The van der Waals surface area contributed by atoms with Gasteiger partial charge < -0.3 is 13.6 Å². The number of ether oxygens (including phenoxy) is 1. The zero-order valence-corrected chi connectivity index (χ0v) is 35.6. The van der Waals surface area contributed by atoms with Gasteiger partial charge in [0, 0.05) is 31.5 Å². The van der Waals surface area contributed by atoms with E-state index in [-0.39, 0.29) is 33.8 Å². The molecule has 5 aromatic carbocycles. The fourth-order valence-corrected chi connectivity index (χ4v) is 17.4. The van der Waals surface area contributed by atoms with Gasteiger partial charge in [-0.05, 0) is 36.4 Å². The van der Waals surface area contributed by atoms with Crippen molar-refractivity contribution in [2.45, 2.75) is 84.6 Å². The molecule has 0 radical (unpaired) electrons. The summed E-state index contributed by atoms with van der Waals surface area (Å²) >= 11 is 0. The molecule has 0 aliphatic carbocycles. The van der Waals surface area contributed by atoms with Gasteiger partial charge in [0.2, 0.25) is 0 Å². The van der Waals surface area contributed by atoms with Gasteiger partial charge in [0.25, 0.3) is 16.6 Å². The Balaban J connectivity index is 1.41. The molecule has 6 heteroatoms. The van der Waals surface area contributed by atoms with Crippen molar-refractivity contribution in [3.63, 3.8) is 0 Å². The summed E-state index contributed by atoms with van der Waals surface area (Å²) < 4.78 is 21.3. The number of hydrogen-bond acceptors (Lipinski definition) is 4. The third kappa shape index (κ3) is 9.12.